The van der Waals surface area contributed by atoms with Crippen LogP contribution in [-0.2, 0) is 4.57 Å². The summed E-state index contributed by atoms with van der Waals surface area (Å²) in [6.07, 6.45) is 6.66. The summed E-state index contributed by atoms with van der Waals surface area (Å²) in [4.78, 5) is 16.7. The average molecular weight is 273 g/mol. The van der Waals surface area contributed by atoms with Crippen molar-refractivity contribution in [1.82, 2.24) is 0 Å². The molecule has 1 aromatic rings. The molecule has 0 amide bonds. The van der Waals surface area contributed by atoms with E-state index < -0.39 is 7.82 Å². The highest BCUT2D eigenvalue weighted by Gasteiger charge is 2.14. The Morgan fingerprint density at radius 1 is 1.11 bits per heavy atom. The Kier molecular flexibility index (Phi) is 6.36. The Morgan fingerprint density at radius 3 is 2.06 bits per heavy atom. The highest BCUT2D eigenvalue weighted by Crippen LogP contribution is 2.36. The lowest BCUT2D eigenvalue weighted by molar-refractivity contribution is 0.283. The van der Waals surface area contributed by atoms with Crippen LogP contribution in [0.15, 0.2) is 30.3 Å². The molecule has 102 valence electrons. The molecule has 0 unspecified atom stereocenters. The van der Waals surface area contributed by atoms with Crippen molar-refractivity contribution in [3.8, 4) is 5.75 Å². The second-order valence-electron chi connectivity index (χ2n) is 4.29. The number of benzene rings is 1. The third-order valence-electron chi connectivity index (χ3n) is 2.62. The van der Waals surface area contributed by atoms with Crippen molar-refractivity contribution in [2.45, 2.75) is 38.1 Å². The molecule has 1 aromatic carbocycles. The molecule has 1 saturated carbocycles. The van der Waals surface area contributed by atoms with E-state index in [1.807, 2.05) is 0 Å². The van der Waals surface area contributed by atoms with Crippen molar-refractivity contribution in [2.75, 3.05) is 0 Å². The second-order valence-corrected chi connectivity index (χ2v) is 5.46. The summed E-state index contributed by atoms with van der Waals surface area (Å²) in [5, 5.41) is 0. The molecule has 6 heteroatoms. The fraction of sp³-hybridized carbons (Fsp3) is 0.500. The summed E-state index contributed by atoms with van der Waals surface area (Å²) in [6.45, 7) is 0. The van der Waals surface area contributed by atoms with Gasteiger partial charge in [-0.1, -0.05) is 37.5 Å². The molecular weight excluding hydrogens is 253 g/mol. The van der Waals surface area contributed by atoms with Gasteiger partial charge in [-0.05, 0) is 25.0 Å². The fourth-order valence-corrected chi connectivity index (χ4v) is 2.15. The molecule has 0 atom stereocenters. The summed E-state index contributed by atoms with van der Waals surface area (Å²) >= 11 is 0. The van der Waals surface area contributed by atoms with E-state index in [9.17, 15) is 4.57 Å². The van der Waals surface area contributed by atoms with Crippen LogP contribution in [0.2, 0.25) is 0 Å². The quantitative estimate of drug-likeness (QED) is 0.720. The fourth-order valence-electron chi connectivity index (χ4n) is 1.75. The normalized spacial score (nSPS) is 16.6. The van der Waals surface area contributed by atoms with Gasteiger partial charge in [0.05, 0.1) is 0 Å². The number of nitrogens with two attached hydrogens (primary N) is 1. The topological polar surface area (TPSA) is 92.8 Å². The van der Waals surface area contributed by atoms with Crippen LogP contribution in [0.5, 0.6) is 5.75 Å². The molecule has 0 bridgehead atoms. The zero-order valence-electron chi connectivity index (χ0n) is 10.2. The van der Waals surface area contributed by atoms with Crippen LogP contribution >= 0.6 is 7.82 Å². The van der Waals surface area contributed by atoms with E-state index in [0.717, 1.165) is 0 Å². The van der Waals surface area contributed by atoms with Crippen molar-refractivity contribution >= 4 is 7.82 Å². The van der Waals surface area contributed by atoms with Crippen molar-refractivity contribution in [3.63, 3.8) is 0 Å². The van der Waals surface area contributed by atoms with Gasteiger partial charge in [-0.3, -0.25) is 9.79 Å². The molecule has 1 aliphatic carbocycles. The molecular formula is C12H20NO4P. The van der Waals surface area contributed by atoms with Gasteiger partial charge in [-0.15, -0.1) is 0 Å². The van der Waals surface area contributed by atoms with Gasteiger partial charge < -0.3 is 10.3 Å². The van der Waals surface area contributed by atoms with Gasteiger partial charge in [-0.2, -0.15) is 0 Å². The summed E-state index contributed by atoms with van der Waals surface area (Å²) in [5.41, 5.74) is 5.63. The largest absolute Gasteiger partial charge is 0.524 e. The van der Waals surface area contributed by atoms with E-state index in [1.54, 1.807) is 18.2 Å². The first-order valence-electron chi connectivity index (χ1n) is 6.03. The standard InChI is InChI=1S/C6H13N.C6H7O4P/c7-6-4-2-1-3-5-6;7-11(8,9)10-6-4-2-1-3-5-6/h6H,1-5,7H2;1-5H,(H2,7,8,9). The van der Waals surface area contributed by atoms with E-state index in [4.69, 9.17) is 15.5 Å². The summed E-state index contributed by atoms with van der Waals surface area (Å²) in [6, 6.07) is 8.47. The van der Waals surface area contributed by atoms with Crippen molar-refractivity contribution < 1.29 is 18.9 Å². The van der Waals surface area contributed by atoms with Crippen LogP contribution in [-0.4, -0.2) is 15.8 Å². The van der Waals surface area contributed by atoms with E-state index in [1.165, 1.54) is 44.2 Å². The number of phosphoric ester groups is 1. The maximum Gasteiger partial charge on any atom is 0.524 e. The van der Waals surface area contributed by atoms with Crippen LogP contribution in [0.3, 0.4) is 0 Å². The SMILES string of the molecule is NC1CCCCC1.O=P(O)(O)Oc1ccccc1. The molecule has 0 aliphatic heterocycles. The first-order valence-corrected chi connectivity index (χ1v) is 7.56. The molecule has 1 fully saturated rings. The zero-order valence-corrected chi connectivity index (χ0v) is 11.1. The third-order valence-corrected chi connectivity index (χ3v) is 3.07. The summed E-state index contributed by atoms with van der Waals surface area (Å²) < 4.78 is 14.5. The molecule has 0 saturated heterocycles. The Balaban J connectivity index is 0.000000199. The van der Waals surface area contributed by atoms with E-state index in [-0.39, 0.29) is 5.75 Å². The molecule has 0 heterocycles. The number of hydrogen-bond donors (Lipinski definition) is 3. The maximum atomic E-state index is 10.3. The second kappa shape index (κ2) is 7.54. The van der Waals surface area contributed by atoms with Crippen molar-refractivity contribution in [1.29, 1.82) is 0 Å². The molecule has 0 spiro atoms. The first-order chi connectivity index (χ1) is 8.47. The van der Waals surface area contributed by atoms with Gasteiger partial charge in [0.25, 0.3) is 0 Å². The predicted octanol–water partition coefficient (Wildman–Crippen LogP) is 2.44. The number of para-hydroxylation sites is 1. The Labute approximate surface area is 107 Å². The minimum Gasteiger partial charge on any atom is -0.404 e. The zero-order chi connectivity index (χ0) is 13.4. The highest BCUT2D eigenvalue weighted by atomic mass is 31.2. The molecule has 0 aromatic heterocycles. The first kappa shape index (κ1) is 15.2. The lowest BCUT2D eigenvalue weighted by Crippen LogP contribution is -2.22. The van der Waals surface area contributed by atoms with Gasteiger partial charge in [0, 0.05) is 6.04 Å². The number of rotatable bonds is 2. The lowest BCUT2D eigenvalue weighted by atomic mass is 9.97. The van der Waals surface area contributed by atoms with E-state index in [0.29, 0.717) is 6.04 Å². The third kappa shape index (κ3) is 7.45. The Bertz CT molecular complexity index is 373. The maximum absolute atomic E-state index is 10.3. The molecule has 1 aliphatic rings. The highest BCUT2D eigenvalue weighted by molar-refractivity contribution is 7.46. The van der Waals surface area contributed by atoms with Crippen LogP contribution in [0, 0.1) is 0 Å². The molecule has 2 rings (SSSR count). The molecule has 18 heavy (non-hydrogen) atoms. The van der Waals surface area contributed by atoms with Crippen LogP contribution < -0.4 is 10.3 Å². The van der Waals surface area contributed by atoms with Crippen molar-refractivity contribution in [2.24, 2.45) is 5.73 Å². The van der Waals surface area contributed by atoms with Gasteiger partial charge in [0.1, 0.15) is 5.75 Å². The van der Waals surface area contributed by atoms with Crippen LogP contribution in [0.4, 0.5) is 0 Å². The summed E-state index contributed by atoms with van der Waals surface area (Å²) in [5.74, 6) is 0.167. The lowest BCUT2D eigenvalue weighted by Gasteiger charge is -2.15. The van der Waals surface area contributed by atoms with E-state index in [2.05, 4.69) is 4.52 Å². The monoisotopic (exact) mass is 273 g/mol. The van der Waals surface area contributed by atoms with Crippen molar-refractivity contribution in [3.05, 3.63) is 30.3 Å². The number of phosphoric acid groups is 1. The minimum atomic E-state index is -4.39. The minimum absolute atomic E-state index is 0.167. The average Bonchev–Trinajstić information content (AvgIpc) is 2.30. The van der Waals surface area contributed by atoms with Crippen LogP contribution in [0.25, 0.3) is 0 Å². The van der Waals surface area contributed by atoms with Gasteiger partial charge in [0.2, 0.25) is 0 Å². The molecule has 5 nitrogen and oxygen atoms in total. The van der Waals surface area contributed by atoms with Gasteiger partial charge >= 0.3 is 7.82 Å². The molecule has 0 radical (unpaired) electrons. The smallest absolute Gasteiger partial charge is 0.404 e. The van der Waals surface area contributed by atoms with Gasteiger partial charge in [-0.25, -0.2) is 4.57 Å². The van der Waals surface area contributed by atoms with Crippen LogP contribution in [0.1, 0.15) is 32.1 Å². The molecule has 4 N–H and O–H groups in total. The van der Waals surface area contributed by atoms with E-state index >= 15 is 0 Å². The Hall–Kier alpha value is -0.870. The van der Waals surface area contributed by atoms with Gasteiger partial charge in [0.15, 0.2) is 0 Å². The predicted molar refractivity (Wildman–Crippen MR) is 70.2 cm³/mol. The number of hydrogen-bond acceptors (Lipinski definition) is 3. The Morgan fingerprint density at radius 2 is 1.67 bits per heavy atom. The summed E-state index contributed by atoms with van der Waals surface area (Å²) in [7, 11) is -4.39.